The second-order valence-electron chi connectivity index (χ2n) is 3.95. The molecule has 0 aromatic heterocycles. The van der Waals surface area contributed by atoms with Crippen molar-refractivity contribution in [1.82, 2.24) is 5.32 Å². The molecule has 1 rings (SSSR count). The third-order valence-corrected chi connectivity index (χ3v) is 2.59. The first-order valence-corrected chi connectivity index (χ1v) is 5.95. The molecule has 0 heterocycles. The molecule has 6 heteroatoms. The van der Waals surface area contributed by atoms with Gasteiger partial charge in [0.15, 0.2) is 6.61 Å². The van der Waals surface area contributed by atoms with Crippen LogP contribution in [0.4, 0.5) is 0 Å². The molecule has 0 fully saturated rings. The first kappa shape index (κ1) is 14.8. The minimum Gasteiger partial charge on any atom is -0.484 e. The van der Waals surface area contributed by atoms with Crippen molar-refractivity contribution in [3.63, 3.8) is 0 Å². The lowest BCUT2D eigenvalue weighted by Gasteiger charge is -2.15. The second-order valence-corrected chi connectivity index (χ2v) is 4.39. The van der Waals surface area contributed by atoms with Crippen molar-refractivity contribution in [3.05, 3.63) is 29.3 Å². The highest BCUT2D eigenvalue weighted by Crippen LogP contribution is 2.15. The maximum Gasteiger partial charge on any atom is 0.257 e. The summed E-state index contributed by atoms with van der Waals surface area (Å²) in [6.07, 6.45) is -0.664. The molecular weight excluding hydrogens is 256 g/mol. The molecule has 2 unspecified atom stereocenters. The number of hydrogen-bond acceptors (Lipinski definition) is 4. The van der Waals surface area contributed by atoms with Gasteiger partial charge in [0.05, 0.1) is 6.10 Å². The lowest BCUT2D eigenvalue weighted by molar-refractivity contribution is -0.123. The molecule has 0 saturated heterocycles. The topological polar surface area (TPSA) is 84.6 Å². The Kier molecular flexibility index (Phi) is 5.91. The molecule has 0 radical (unpaired) electrons. The maximum absolute atomic E-state index is 11.4. The van der Waals surface area contributed by atoms with Crippen molar-refractivity contribution in [1.29, 1.82) is 0 Å². The number of amides is 1. The van der Waals surface area contributed by atoms with Gasteiger partial charge in [0.2, 0.25) is 0 Å². The minimum absolute atomic E-state index is 0.103. The molecule has 0 aliphatic carbocycles. The number of hydrogen-bond donors (Lipinski definition) is 3. The Morgan fingerprint density at radius 1 is 1.50 bits per heavy atom. The number of carbonyl (C=O) groups is 1. The van der Waals surface area contributed by atoms with Gasteiger partial charge in [-0.05, 0) is 31.2 Å². The molecule has 0 bridgehead atoms. The molecular formula is C12H17ClN2O3. The van der Waals surface area contributed by atoms with Crippen LogP contribution in [0.2, 0.25) is 5.02 Å². The standard InChI is InChI=1S/C12H17ClN2O3/c1-8(16)11(14)6-15-12(17)7-18-10-4-2-9(13)3-5-10/h2-5,8,11,16H,6-7,14H2,1H3,(H,15,17). The van der Waals surface area contributed by atoms with Crippen LogP contribution in [0.3, 0.4) is 0 Å². The van der Waals surface area contributed by atoms with Crippen molar-refractivity contribution >= 4 is 17.5 Å². The van der Waals surface area contributed by atoms with E-state index in [0.717, 1.165) is 0 Å². The van der Waals surface area contributed by atoms with E-state index in [2.05, 4.69) is 5.32 Å². The van der Waals surface area contributed by atoms with Crippen molar-refractivity contribution in [2.75, 3.05) is 13.2 Å². The molecule has 5 nitrogen and oxygen atoms in total. The summed E-state index contributed by atoms with van der Waals surface area (Å²) < 4.78 is 5.24. The first-order valence-electron chi connectivity index (χ1n) is 5.57. The number of carbonyl (C=O) groups excluding carboxylic acids is 1. The average molecular weight is 273 g/mol. The molecule has 0 spiro atoms. The summed E-state index contributed by atoms with van der Waals surface area (Å²) in [5.41, 5.74) is 5.57. The van der Waals surface area contributed by atoms with Gasteiger partial charge >= 0.3 is 0 Å². The molecule has 1 amide bonds. The van der Waals surface area contributed by atoms with Crippen LogP contribution in [0.25, 0.3) is 0 Å². The van der Waals surface area contributed by atoms with Gasteiger partial charge in [-0.2, -0.15) is 0 Å². The van der Waals surface area contributed by atoms with Crippen molar-refractivity contribution in [2.24, 2.45) is 5.73 Å². The van der Waals surface area contributed by atoms with E-state index in [9.17, 15) is 4.79 Å². The number of ether oxygens (including phenoxy) is 1. The first-order chi connectivity index (χ1) is 8.49. The second kappa shape index (κ2) is 7.20. The zero-order chi connectivity index (χ0) is 13.5. The van der Waals surface area contributed by atoms with Crippen LogP contribution in [-0.4, -0.2) is 36.3 Å². The summed E-state index contributed by atoms with van der Waals surface area (Å²) in [6, 6.07) is 6.23. The van der Waals surface area contributed by atoms with E-state index >= 15 is 0 Å². The molecule has 1 aromatic carbocycles. The molecule has 0 saturated carbocycles. The van der Waals surface area contributed by atoms with E-state index in [1.54, 1.807) is 31.2 Å². The quantitative estimate of drug-likeness (QED) is 0.706. The summed E-state index contributed by atoms with van der Waals surface area (Å²) >= 11 is 5.72. The van der Waals surface area contributed by atoms with Crippen LogP contribution >= 0.6 is 11.6 Å². The van der Waals surface area contributed by atoms with Gasteiger partial charge < -0.3 is 20.9 Å². The molecule has 4 N–H and O–H groups in total. The Balaban J connectivity index is 2.27. The van der Waals surface area contributed by atoms with Crippen LogP contribution < -0.4 is 15.8 Å². The third kappa shape index (κ3) is 5.35. The summed E-state index contributed by atoms with van der Waals surface area (Å²) in [4.78, 5) is 11.4. The van der Waals surface area contributed by atoms with E-state index in [-0.39, 0.29) is 19.1 Å². The zero-order valence-electron chi connectivity index (χ0n) is 10.1. The minimum atomic E-state index is -0.664. The van der Waals surface area contributed by atoms with Gasteiger partial charge in [0.25, 0.3) is 5.91 Å². The summed E-state index contributed by atoms with van der Waals surface area (Å²) in [5, 5.41) is 12.3. The number of aliphatic hydroxyl groups is 1. The lowest BCUT2D eigenvalue weighted by Crippen LogP contribution is -2.44. The predicted molar refractivity (Wildman–Crippen MR) is 69.6 cm³/mol. The number of halogens is 1. The lowest BCUT2D eigenvalue weighted by atomic mass is 10.2. The molecule has 0 aliphatic heterocycles. The third-order valence-electron chi connectivity index (χ3n) is 2.34. The summed E-state index contributed by atoms with van der Waals surface area (Å²) in [7, 11) is 0. The van der Waals surface area contributed by atoms with Gasteiger partial charge in [-0.15, -0.1) is 0 Å². The number of aliphatic hydroxyl groups excluding tert-OH is 1. The van der Waals surface area contributed by atoms with Crippen molar-refractivity contribution in [3.8, 4) is 5.75 Å². The highest BCUT2D eigenvalue weighted by atomic mass is 35.5. The van der Waals surface area contributed by atoms with Crippen LogP contribution in [0.1, 0.15) is 6.92 Å². The predicted octanol–water partition coefficient (Wildman–Crippen LogP) is 0.543. The largest absolute Gasteiger partial charge is 0.484 e. The SMILES string of the molecule is CC(O)C(N)CNC(=O)COc1ccc(Cl)cc1. The Labute approximate surface area is 111 Å². The van der Waals surface area contributed by atoms with Crippen molar-refractivity contribution in [2.45, 2.75) is 19.1 Å². The van der Waals surface area contributed by atoms with Gasteiger partial charge in [-0.25, -0.2) is 0 Å². The highest BCUT2D eigenvalue weighted by Gasteiger charge is 2.10. The average Bonchev–Trinajstić information content (AvgIpc) is 2.35. The van der Waals surface area contributed by atoms with Gasteiger partial charge in [-0.1, -0.05) is 11.6 Å². The number of rotatable bonds is 6. The van der Waals surface area contributed by atoms with E-state index in [1.165, 1.54) is 0 Å². The van der Waals surface area contributed by atoms with E-state index in [4.69, 9.17) is 27.2 Å². The molecule has 2 atom stereocenters. The van der Waals surface area contributed by atoms with Crippen LogP contribution in [0.15, 0.2) is 24.3 Å². The maximum atomic E-state index is 11.4. The number of nitrogens with two attached hydrogens (primary N) is 1. The van der Waals surface area contributed by atoms with Gasteiger partial charge in [0, 0.05) is 17.6 Å². The molecule has 1 aromatic rings. The van der Waals surface area contributed by atoms with Crippen LogP contribution in [-0.2, 0) is 4.79 Å². The molecule has 0 aliphatic rings. The number of benzene rings is 1. The fourth-order valence-electron chi connectivity index (χ4n) is 1.13. The molecule has 18 heavy (non-hydrogen) atoms. The smallest absolute Gasteiger partial charge is 0.257 e. The van der Waals surface area contributed by atoms with E-state index < -0.39 is 12.1 Å². The number of nitrogens with one attached hydrogen (secondary N) is 1. The van der Waals surface area contributed by atoms with Crippen molar-refractivity contribution < 1.29 is 14.6 Å². The molecule has 100 valence electrons. The summed E-state index contributed by atoms with van der Waals surface area (Å²) in [6.45, 7) is 1.68. The van der Waals surface area contributed by atoms with Gasteiger partial charge in [0.1, 0.15) is 5.75 Å². The Bertz CT molecular complexity index is 381. The van der Waals surface area contributed by atoms with E-state index in [1.807, 2.05) is 0 Å². The Morgan fingerprint density at radius 3 is 2.67 bits per heavy atom. The fourth-order valence-corrected chi connectivity index (χ4v) is 1.26. The fraction of sp³-hybridized carbons (Fsp3) is 0.417. The van der Waals surface area contributed by atoms with Crippen LogP contribution in [0, 0.1) is 0 Å². The van der Waals surface area contributed by atoms with Gasteiger partial charge in [-0.3, -0.25) is 4.79 Å². The van der Waals surface area contributed by atoms with E-state index in [0.29, 0.717) is 10.8 Å². The normalized spacial score (nSPS) is 13.8. The highest BCUT2D eigenvalue weighted by molar-refractivity contribution is 6.30. The Hall–Kier alpha value is -1.30. The summed E-state index contributed by atoms with van der Waals surface area (Å²) in [5.74, 6) is 0.274. The zero-order valence-corrected chi connectivity index (χ0v) is 10.9. The Morgan fingerprint density at radius 2 is 2.11 bits per heavy atom. The van der Waals surface area contributed by atoms with Crippen LogP contribution in [0.5, 0.6) is 5.75 Å². The monoisotopic (exact) mass is 272 g/mol.